The lowest BCUT2D eigenvalue weighted by molar-refractivity contribution is 0.627. The van der Waals surface area contributed by atoms with E-state index in [1.807, 2.05) is 29.2 Å². The molecule has 4 heterocycles. The monoisotopic (exact) mass is 443 g/mol. The van der Waals surface area contributed by atoms with Crippen molar-refractivity contribution in [3.05, 3.63) is 87.8 Å². The zero-order valence-electron chi connectivity index (χ0n) is 16.6. The summed E-state index contributed by atoms with van der Waals surface area (Å²) in [6.45, 7) is 0.665. The lowest BCUT2D eigenvalue weighted by Gasteiger charge is -2.20. The Morgan fingerprint density at radius 2 is 1.88 bits per heavy atom. The van der Waals surface area contributed by atoms with Crippen molar-refractivity contribution in [2.24, 2.45) is 0 Å². The molecule has 1 aliphatic heterocycles. The second-order valence-electron chi connectivity index (χ2n) is 7.69. The summed E-state index contributed by atoms with van der Waals surface area (Å²) in [7, 11) is 0. The van der Waals surface area contributed by atoms with Gasteiger partial charge in [-0.2, -0.15) is 0 Å². The van der Waals surface area contributed by atoms with Crippen LogP contribution in [-0.4, -0.2) is 26.5 Å². The maximum atomic E-state index is 13.9. The van der Waals surface area contributed by atoms with E-state index in [1.54, 1.807) is 18.5 Å². The van der Waals surface area contributed by atoms with E-state index < -0.39 is 5.82 Å². The van der Waals surface area contributed by atoms with Gasteiger partial charge in [0, 0.05) is 41.6 Å². The number of hydrogen-bond acceptors (Lipinski definition) is 5. The molecule has 8 heteroatoms. The first kappa shape index (κ1) is 18.9. The lowest BCUT2D eigenvalue weighted by atomic mass is 10.0. The topological polar surface area (TPSA) is 74.8 Å². The molecule has 6 nitrogen and oxygen atoms in total. The number of nitrogens with zero attached hydrogens (tertiary/aromatic N) is 4. The number of rotatable bonds is 2. The fraction of sp³-hybridized carbons (Fsp3) is 0.0833. The van der Waals surface area contributed by atoms with Crippen LogP contribution >= 0.6 is 11.6 Å². The van der Waals surface area contributed by atoms with Gasteiger partial charge in [0.2, 0.25) is 0 Å². The average Bonchev–Trinajstić information content (AvgIpc) is 3.21. The van der Waals surface area contributed by atoms with Crippen molar-refractivity contribution < 1.29 is 4.39 Å². The van der Waals surface area contributed by atoms with Crippen LogP contribution in [0.2, 0.25) is 5.02 Å². The Bertz CT molecular complexity index is 1600. The number of pyridine rings is 2. The molecular weight excluding hydrogens is 429 g/mol. The normalized spacial score (nSPS) is 13.1. The van der Waals surface area contributed by atoms with E-state index in [2.05, 4.69) is 19.9 Å². The molecule has 0 unspecified atom stereocenters. The van der Waals surface area contributed by atoms with Crippen LogP contribution in [0.1, 0.15) is 5.56 Å². The van der Waals surface area contributed by atoms with Gasteiger partial charge < -0.3 is 9.88 Å². The minimum Gasteiger partial charge on any atom is -0.346 e. The molecule has 156 valence electrons. The van der Waals surface area contributed by atoms with Crippen molar-refractivity contribution in [3.8, 4) is 11.1 Å². The summed E-state index contributed by atoms with van der Waals surface area (Å²) in [5.74, 6) is 0.311. The average molecular weight is 444 g/mol. The number of hydrogen-bond donors (Lipinski definition) is 1. The fourth-order valence-electron chi connectivity index (χ4n) is 4.25. The number of anilines is 2. The molecule has 0 saturated carbocycles. The number of fused-ring (bicyclic) bond motifs is 3. The number of aromatic nitrogens is 4. The zero-order chi connectivity index (χ0) is 21.8. The van der Waals surface area contributed by atoms with Crippen molar-refractivity contribution >= 4 is 45.0 Å². The summed E-state index contributed by atoms with van der Waals surface area (Å²) >= 11 is 6.06. The lowest BCUT2D eigenvalue weighted by Crippen LogP contribution is -2.15. The number of H-pyrrole nitrogens is 1. The van der Waals surface area contributed by atoms with Gasteiger partial charge in [-0.1, -0.05) is 17.7 Å². The first-order valence-corrected chi connectivity index (χ1v) is 10.4. The van der Waals surface area contributed by atoms with Crippen LogP contribution < -0.4 is 10.3 Å². The highest BCUT2D eigenvalue weighted by molar-refractivity contribution is 6.31. The molecule has 1 N–H and O–H groups in total. The van der Waals surface area contributed by atoms with Crippen molar-refractivity contribution in [1.29, 1.82) is 0 Å². The molecule has 0 aliphatic carbocycles. The van der Waals surface area contributed by atoms with Crippen LogP contribution in [0.15, 0.2) is 66.0 Å². The van der Waals surface area contributed by atoms with E-state index in [4.69, 9.17) is 11.6 Å². The molecule has 0 amide bonds. The van der Waals surface area contributed by atoms with E-state index in [0.29, 0.717) is 24.0 Å². The highest BCUT2D eigenvalue weighted by atomic mass is 35.5. The van der Waals surface area contributed by atoms with Gasteiger partial charge in [-0.05, 0) is 47.9 Å². The molecule has 1 aliphatic rings. The molecule has 0 fully saturated rings. The summed E-state index contributed by atoms with van der Waals surface area (Å²) in [5, 5.41) is 1.46. The predicted octanol–water partition coefficient (Wildman–Crippen LogP) is 5.02. The van der Waals surface area contributed by atoms with E-state index in [1.165, 1.54) is 18.5 Å². The molecule has 0 saturated heterocycles. The van der Waals surface area contributed by atoms with Crippen molar-refractivity contribution in [1.82, 2.24) is 19.9 Å². The molecule has 3 aromatic heterocycles. The maximum Gasteiger partial charge on any atom is 0.191 e. The number of aromatic amines is 1. The predicted molar refractivity (Wildman–Crippen MR) is 123 cm³/mol. The van der Waals surface area contributed by atoms with Gasteiger partial charge in [-0.15, -0.1) is 0 Å². The number of benzene rings is 2. The highest BCUT2D eigenvalue weighted by Gasteiger charge is 2.25. The Morgan fingerprint density at radius 1 is 1.00 bits per heavy atom. The Morgan fingerprint density at radius 3 is 2.78 bits per heavy atom. The van der Waals surface area contributed by atoms with E-state index in [0.717, 1.165) is 39.1 Å². The highest BCUT2D eigenvalue weighted by Crippen LogP contribution is 2.39. The Kier molecular flexibility index (Phi) is 4.19. The van der Waals surface area contributed by atoms with Crippen molar-refractivity contribution in [3.63, 3.8) is 0 Å². The third kappa shape index (κ3) is 2.93. The summed E-state index contributed by atoms with van der Waals surface area (Å²) in [6.07, 6.45) is 5.54. The second-order valence-corrected chi connectivity index (χ2v) is 8.10. The van der Waals surface area contributed by atoms with Crippen LogP contribution in [-0.2, 0) is 6.42 Å². The van der Waals surface area contributed by atoms with Gasteiger partial charge in [0.1, 0.15) is 23.6 Å². The van der Waals surface area contributed by atoms with Gasteiger partial charge in [-0.3, -0.25) is 4.79 Å². The van der Waals surface area contributed by atoms with E-state index >= 15 is 0 Å². The maximum absolute atomic E-state index is 13.9. The SMILES string of the molecule is O=c1cc[nH]c2ncc(-c3ccc4ncnc(N5CCc6cc(F)c(Cl)cc65)c4c3)cc12. The smallest absolute Gasteiger partial charge is 0.191 e. The van der Waals surface area contributed by atoms with Crippen molar-refractivity contribution in [2.45, 2.75) is 6.42 Å². The minimum absolute atomic E-state index is 0.0853. The zero-order valence-corrected chi connectivity index (χ0v) is 17.4. The van der Waals surface area contributed by atoms with Crippen molar-refractivity contribution in [2.75, 3.05) is 11.4 Å². The third-order valence-corrected chi connectivity index (χ3v) is 6.12. The van der Waals surface area contributed by atoms with E-state index in [-0.39, 0.29) is 10.5 Å². The van der Waals surface area contributed by atoms with Crippen LogP contribution in [0.4, 0.5) is 15.9 Å². The van der Waals surface area contributed by atoms with E-state index in [9.17, 15) is 9.18 Å². The number of nitrogens with one attached hydrogen (secondary N) is 1. The van der Waals surface area contributed by atoms with Gasteiger partial charge in [0.25, 0.3) is 0 Å². The van der Waals surface area contributed by atoms with Gasteiger partial charge >= 0.3 is 0 Å². The minimum atomic E-state index is -0.416. The molecule has 0 atom stereocenters. The quantitative estimate of drug-likeness (QED) is 0.414. The Hall–Kier alpha value is -3.84. The summed E-state index contributed by atoms with van der Waals surface area (Å²) < 4.78 is 13.9. The fourth-order valence-corrected chi connectivity index (χ4v) is 4.41. The van der Waals surface area contributed by atoms with Crippen LogP contribution in [0.3, 0.4) is 0 Å². The first-order valence-electron chi connectivity index (χ1n) is 10.1. The standard InChI is InChI=1S/C24H15ClFN5O/c25-18-10-21-14(9-19(18)26)4-6-31(21)24-16-7-13(1-2-20(16)29-12-30-24)15-8-17-22(32)3-5-27-23(17)28-11-15/h1-3,5,7-12H,4,6H2,(H,27,28,32). The molecule has 32 heavy (non-hydrogen) atoms. The second kappa shape index (κ2) is 7.10. The first-order chi connectivity index (χ1) is 15.6. The molecule has 0 radical (unpaired) electrons. The van der Waals surface area contributed by atoms with Crippen LogP contribution in [0.25, 0.3) is 33.1 Å². The Labute approximate surface area is 186 Å². The van der Waals surface area contributed by atoms with Gasteiger partial charge in [0.05, 0.1) is 15.9 Å². The molecule has 5 aromatic rings. The van der Waals surface area contributed by atoms with Gasteiger partial charge in [-0.25, -0.2) is 19.3 Å². The molecule has 6 rings (SSSR count). The summed E-state index contributed by atoms with van der Waals surface area (Å²) in [6, 6.07) is 12.3. The molecule has 0 bridgehead atoms. The third-order valence-electron chi connectivity index (χ3n) is 5.83. The summed E-state index contributed by atoms with van der Waals surface area (Å²) in [4.78, 5) is 30.6. The molecule has 0 spiro atoms. The largest absolute Gasteiger partial charge is 0.346 e. The van der Waals surface area contributed by atoms with Gasteiger partial charge in [0.15, 0.2) is 5.43 Å². The molecular formula is C24H15ClFN5O. The number of halogens is 2. The van der Waals surface area contributed by atoms with Crippen LogP contribution in [0, 0.1) is 5.82 Å². The van der Waals surface area contributed by atoms with Crippen LogP contribution in [0.5, 0.6) is 0 Å². The molecule has 2 aromatic carbocycles. The summed E-state index contributed by atoms with van der Waals surface area (Å²) in [5.41, 5.74) is 4.70. The Balaban J connectivity index is 1.51.